The van der Waals surface area contributed by atoms with Gasteiger partial charge in [0.05, 0.1) is 23.2 Å². The molecule has 2 fully saturated rings. The summed E-state index contributed by atoms with van der Waals surface area (Å²) in [6, 6.07) is 10.9. The Kier molecular flexibility index (Phi) is 5.04. The summed E-state index contributed by atoms with van der Waals surface area (Å²) in [4.78, 5) is 24.3. The van der Waals surface area contributed by atoms with Crippen LogP contribution in [0.15, 0.2) is 42.5 Å². The van der Waals surface area contributed by atoms with Crippen molar-refractivity contribution in [3.05, 3.63) is 59.2 Å². The molecule has 0 spiro atoms. The van der Waals surface area contributed by atoms with E-state index in [-0.39, 0.29) is 41.2 Å². The Morgan fingerprint density at radius 2 is 1.73 bits per heavy atom. The van der Waals surface area contributed by atoms with Gasteiger partial charge in [-0.2, -0.15) is 0 Å². The highest BCUT2D eigenvalue weighted by atomic mass is 19.3. The van der Waals surface area contributed by atoms with E-state index in [4.69, 9.17) is 9.84 Å². The molecule has 9 heteroatoms. The number of carboxylic acid groups (broad SMARTS) is 1. The number of halogens is 2. The molecule has 2 aromatic carbocycles. The summed E-state index contributed by atoms with van der Waals surface area (Å²) < 4.78 is 41.8. The van der Waals surface area contributed by atoms with Crippen LogP contribution in [0, 0.1) is 0 Å². The van der Waals surface area contributed by atoms with Crippen molar-refractivity contribution in [2.45, 2.75) is 62.6 Å². The summed E-state index contributed by atoms with van der Waals surface area (Å²) in [5.74, 6) is -1.25. The van der Waals surface area contributed by atoms with Gasteiger partial charge in [0.2, 0.25) is 5.91 Å². The van der Waals surface area contributed by atoms with Gasteiger partial charge in [0.1, 0.15) is 0 Å². The lowest BCUT2D eigenvalue weighted by Crippen LogP contribution is -2.46. The molecule has 0 bridgehead atoms. The van der Waals surface area contributed by atoms with E-state index in [1.54, 1.807) is 18.2 Å². The number of amides is 1. The third kappa shape index (κ3) is 4.13. The highest BCUT2D eigenvalue weighted by Crippen LogP contribution is 2.52. The summed E-state index contributed by atoms with van der Waals surface area (Å²) in [6.07, 6.45) is -1.65. The normalized spacial score (nSPS) is 26.5. The molecule has 2 N–H and O–H groups in total. The predicted molar refractivity (Wildman–Crippen MR) is 111 cm³/mol. The van der Waals surface area contributed by atoms with Crippen molar-refractivity contribution < 1.29 is 37.7 Å². The minimum Gasteiger partial charge on any atom is -0.478 e. The zero-order valence-corrected chi connectivity index (χ0v) is 17.8. The first-order chi connectivity index (χ1) is 15.6. The van der Waals surface area contributed by atoms with Crippen LogP contribution < -0.4 is 14.8 Å². The van der Waals surface area contributed by atoms with Gasteiger partial charge in [-0.1, -0.05) is 18.2 Å². The first-order valence-electron chi connectivity index (χ1n) is 10.9. The van der Waals surface area contributed by atoms with Crippen LogP contribution in [-0.2, 0) is 14.9 Å². The second kappa shape index (κ2) is 7.69. The van der Waals surface area contributed by atoms with Crippen molar-refractivity contribution in [2.24, 2.45) is 0 Å². The van der Waals surface area contributed by atoms with Crippen molar-refractivity contribution in [1.29, 1.82) is 0 Å². The van der Waals surface area contributed by atoms with Gasteiger partial charge in [-0.3, -0.25) is 4.79 Å². The molecular formula is C24H23F2NO6. The summed E-state index contributed by atoms with van der Waals surface area (Å²) >= 11 is 0. The van der Waals surface area contributed by atoms with E-state index < -0.39 is 17.7 Å². The highest BCUT2D eigenvalue weighted by molar-refractivity contribution is 5.91. The average Bonchev–Trinajstić information content (AvgIpc) is 3.50. The van der Waals surface area contributed by atoms with Crippen LogP contribution in [0.25, 0.3) is 0 Å². The fraction of sp³-hybridized carbons (Fsp3) is 0.417. The molecule has 1 aliphatic carbocycles. The van der Waals surface area contributed by atoms with Gasteiger partial charge in [0, 0.05) is 6.04 Å². The molecule has 33 heavy (non-hydrogen) atoms. The Hall–Kier alpha value is -3.20. The number of benzene rings is 2. The fourth-order valence-electron chi connectivity index (χ4n) is 4.66. The van der Waals surface area contributed by atoms with E-state index in [9.17, 15) is 18.4 Å². The Labute approximate surface area is 188 Å². The van der Waals surface area contributed by atoms with Crippen LogP contribution in [-0.4, -0.2) is 35.4 Å². The summed E-state index contributed by atoms with van der Waals surface area (Å²) in [5, 5.41) is 12.2. The van der Waals surface area contributed by atoms with Gasteiger partial charge in [0.25, 0.3) is 0 Å². The Balaban J connectivity index is 1.29. The van der Waals surface area contributed by atoms with Gasteiger partial charge >= 0.3 is 12.3 Å². The number of fused-ring (bicyclic) bond motifs is 1. The number of hydrogen-bond acceptors (Lipinski definition) is 5. The lowest BCUT2D eigenvalue weighted by atomic mass is 9.91. The molecular weight excluding hydrogens is 436 g/mol. The average molecular weight is 459 g/mol. The maximum atomic E-state index is 13.4. The van der Waals surface area contributed by atoms with Crippen LogP contribution >= 0.6 is 0 Å². The smallest absolute Gasteiger partial charge is 0.478 e. The molecule has 7 nitrogen and oxygen atoms in total. The molecule has 0 aromatic heterocycles. The number of ether oxygens (including phenoxy) is 3. The van der Waals surface area contributed by atoms with Gasteiger partial charge in [-0.15, -0.1) is 8.78 Å². The minimum absolute atomic E-state index is 0.0463. The molecule has 174 valence electrons. The quantitative estimate of drug-likeness (QED) is 0.697. The molecule has 0 radical (unpaired) electrons. The van der Waals surface area contributed by atoms with E-state index >= 15 is 0 Å². The molecule has 2 aliphatic heterocycles. The van der Waals surface area contributed by atoms with Crippen LogP contribution in [0.5, 0.6) is 11.5 Å². The molecule has 2 heterocycles. The maximum Gasteiger partial charge on any atom is 0.586 e. The van der Waals surface area contributed by atoms with Crippen molar-refractivity contribution >= 4 is 11.9 Å². The van der Waals surface area contributed by atoms with Crippen LogP contribution in [0.3, 0.4) is 0 Å². The van der Waals surface area contributed by atoms with E-state index in [0.717, 1.165) is 5.56 Å². The number of carbonyl (C=O) groups is 2. The van der Waals surface area contributed by atoms with Crippen molar-refractivity contribution in [3.8, 4) is 11.5 Å². The van der Waals surface area contributed by atoms with Gasteiger partial charge in [-0.05, 0) is 68.0 Å². The second-order valence-corrected chi connectivity index (χ2v) is 8.92. The number of aromatic carboxylic acids is 1. The predicted octanol–water partition coefficient (Wildman–Crippen LogP) is 4.16. The number of alkyl halides is 2. The van der Waals surface area contributed by atoms with Crippen molar-refractivity contribution in [3.63, 3.8) is 0 Å². The first-order valence-corrected chi connectivity index (χ1v) is 10.9. The number of hydrogen-bond donors (Lipinski definition) is 2. The number of carboxylic acids is 1. The monoisotopic (exact) mass is 459 g/mol. The highest BCUT2D eigenvalue weighted by Gasteiger charge is 2.53. The topological polar surface area (TPSA) is 94.1 Å². The zero-order valence-electron chi connectivity index (χ0n) is 17.8. The molecule has 5 rings (SSSR count). The van der Waals surface area contributed by atoms with Crippen LogP contribution in [0.4, 0.5) is 8.78 Å². The lowest BCUT2D eigenvalue weighted by molar-refractivity contribution is -0.286. The minimum atomic E-state index is -3.70. The van der Waals surface area contributed by atoms with E-state index in [0.29, 0.717) is 31.2 Å². The van der Waals surface area contributed by atoms with Crippen LogP contribution in [0.2, 0.25) is 0 Å². The molecule has 0 unspecified atom stereocenters. The molecule has 1 amide bonds. The van der Waals surface area contributed by atoms with E-state index in [2.05, 4.69) is 14.8 Å². The summed E-state index contributed by atoms with van der Waals surface area (Å²) in [7, 11) is 0. The van der Waals surface area contributed by atoms with Gasteiger partial charge < -0.3 is 24.6 Å². The Bertz CT molecular complexity index is 1100. The Morgan fingerprint density at radius 3 is 2.39 bits per heavy atom. The molecule has 1 saturated heterocycles. The standard InChI is InChI=1S/C24H23F2NO6/c1-13-10-17(12-19(31-13)14-2-4-15(5-3-14)21(28)29)27-22(30)23(8-9-23)16-6-7-18-20(11-16)33-24(25,26)32-18/h2-7,11,13,17,19H,8-10,12H2,1H3,(H,27,30)(H,28,29)/t13-,17-,19-/m1/s1. The largest absolute Gasteiger partial charge is 0.586 e. The van der Waals surface area contributed by atoms with Gasteiger partial charge in [-0.25, -0.2) is 4.79 Å². The SMILES string of the molecule is C[C@@H]1C[C@@H](NC(=O)C2(c3ccc4c(c3)OC(F)(F)O4)CC2)C[C@H](c2ccc(C(=O)O)cc2)O1. The molecule has 3 atom stereocenters. The fourth-order valence-corrected chi connectivity index (χ4v) is 4.66. The van der Waals surface area contributed by atoms with Crippen molar-refractivity contribution in [2.75, 3.05) is 0 Å². The lowest BCUT2D eigenvalue weighted by Gasteiger charge is -2.35. The molecule has 3 aliphatic rings. The van der Waals surface area contributed by atoms with Gasteiger partial charge in [0.15, 0.2) is 11.5 Å². The number of carbonyl (C=O) groups excluding carboxylic acids is 1. The third-order valence-corrected chi connectivity index (χ3v) is 6.51. The van der Waals surface area contributed by atoms with Crippen molar-refractivity contribution in [1.82, 2.24) is 5.32 Å². The summed E-state index contributed by atoms with van der Waals surface area (Å²) in [6.45, 7) is 1.93. The Morgan fingerprint density at radius 1 is 1.03 bits per heavy atom. The maximum absolute atomic E-state index is 13.4. The summed E-state index contributed by atoms with van der Waals surface area (Å²) in [5.41, 5.74) is 0.908. The first kappa shape index (κ1) is 21.6. The van der Waals surface area contributed by atoms with E-state index in [1.165, 1.54) is 24.3 Å². The zero-order chi connectivity index (χ0) is 23.4. The molecule has 1 saturated carbocycles. The third-order valence-electron chi connectivity index (χ3n) is 6.51. The molecule has 2 aromatic rings. The second-order valence-electron chi connectivity index (χ2n) is 8.92. The number of rotatable bonds is 5. The van der Waals surface area contributed by atoms with Crippen LogP contribution in [0.1, 0.15) is 60.2 Å². The number of nitrogens with one attached hydrogen (secondary N) is 1. The van der Waals surface area contributed by atoms with E-state index in [1.807, 2.05) is 6.92 Å².